The summed E-state index contributed by atoms with van der Waals surface area (Å²) in [6, 6.07) is 19.1. The Labute approximate surface area is 145 Å². The van der Waals surface area contributed by atoms with Crippen LogP contribution < -0.4 is 15.3 Å². The highest BCUT2D eigenvalue weighted by atomic mass is 16.3. The van der Waals surface area contributed by atoms with E-state index in [1.165, 1.54) is 0 Å². The van der Waals surface area contributed by atoms with Crippen molar-refractivity contribution in [1.82, 2.24) is 4.98 Å². The smallest absolute Gasteiger partial charge is 0.253 e. The normalized spacial score (nSPS) is 12.0. The molecule has 0 radical (unpaired) electrons. The molecule has 1 unspecified atom stereocenters. The number of pyridine rings is 3. The van der Waals surface area contributed by atoms with Crippen LogP contribution in [0.1, 0.15) is 17.3 Å². The molecule has 122 valence electrons. The van der Waals surface area contributed by atoms with E-state index < -0.39 is 0 Å². The molecule has 0 aliphatic heterocycles. The van der Waals surface area contributed by atoms with Crippen LogP contribution in [0.4, 0.5) is 5.82 Å². The first-order valence-electron chi connectivity index (χ1n) is 8.09. The summed E-state index contributed by atoms with van der Waals surface area (Å²) >= 11 is 0. The lowest BCUT2D eigenvalue weighted by Gasteiger charge is -2.17. The van der Waals surface area contributed by atoms with Crippen molar-refractivity contribution in [3.05, 3.63) is 90.5 Å². The van der Waals surface area contributed by atoms with Gasteiger partial charge in [0, 0.05) is 30.0 Å². The fourth-order valence-electron chi connectivity index (χ4n) is 2.94. The van der Waals surface area contributed by atoms with E-state index in [0.29, 0.717) is 5.52 Å². The molecular formula is C20H18N4O+2. The van der Waals surface area contributed by atoms with E-state index in [1.807, 2.05) is 73.1 Å². The molecule has 0 fully saturated rings. The topological polar surface area (TPSA) is 73.4 Å². The maximum atomic E-state index is 10.9. The van der Waals surface area contributed by atoms with Crippen molar-refractivity contribution in [3.63, 3.8) is 0 Å². The molecular weight excluding hydrogens is 312 g/mol. The highest BCUT2D eigenvalue weighted by Gasteiger charge is 2.25. The summed E-state index contributed by atoms with van der Waals surface area (Å²) in [5.41, 5.74) is 2.41. The van der Waals surface area contributed by atoms with Crippen LogP contribution in [0.25, 0.3) is 10.9 Å². The minimum atomic E-state index is -0.269. The van der Waals surface area contributed by atoms with E-state index in [0.717, 1.165) is 22.5 Å². The van der Waals surface area contributed by atoms with Gasteiger partial charge in [-0.1, -0.05) is 18.2 Å². The predicted octanol–water partition coefficient (Wildman–Crippen LogP) is 2.77. The molecule has 1 atom stereocenters. The molecule has 4 rings (SSSR count). The van der Waals surface area contributed by atoms with Gasteiger partial charge < -0.3 is 10.4 Å². The molecule has 0 saturated carbocycles. The Hall–Kier alpha value is -3.47. The lowest BCUT2D eigenvalue weighted by molar-refractivity contribution is -0.391. The fourth-order valence-corrected chi connectivity index (χ4v) is 2.94. The highest BCUT2D eigenvalue weighted by Crippen LogP contribution is 2.33. The number of H-pyrrole nitrogens is 2. The van der Waals surface area contributed by atoms with Crippen LogP contribution in [0.5, 0.6) is 5.75 Å². The molecule has 0 amide bonds. The third-order valence-electron chi connectivity index (χ3n) is 4.15. The number of fused-ring (bicyclic) bond motifs is 1. The minimum absolute atomic E-state index is 0.226. The van der Waals surface area contributed by atoms with Gasteiger partial charge in [-0.2, -0.15) is 0 Å². The van der Waals surface area contributed by atoms with E-state index in [4.69, 9.17) is 0 Å². The molecule has 0 spiro atoms. The Kier molecular flexibility index (Phi) is 3.96. The number of hydrogen-bond donors (Lipinski definition) is 2. The standard InChI is InChI=1S/C20H16N4O/c25-20-15(10-9-14-6-5-13-23-18(14)20)19(16-7-1-3-11-21-16)24-17-8-2-4-12-22-17/h1-13,19,25H,(H,22,24)/p+2. The molecule has 0 aliphatic rings. The maximum absolute atomic E-state index is 10.9. The van der Waals surface area contributed by atoms with Gasteiger partial charge >= 0.3 is 0 Å². The van der Waals surface area contributed by atoms with E-state index in [1.54, 1.807) is 6.20 Å². The lowest BCUT2D eigenvalue weighted by atomic mass is 9.99. The van der Waals surface area contributed by atoms with Gasteiger partial charge in [0.05, 0.1) is 5.39 Å². The van der Waals surface area contributed by atoms with Gasteiger partial charge in [-0.15, -0.1) is 0 Å². The Bertz CT molecular complexity index is 990. The third-order valence-corrected chi connectivity index (χ3v) is 4.15. The van der Waals surface area contributed by atoms with Crippen molar-refractivity contribution in [2.24, 2.45) is 0 Å². The van der Waals surface area contributed by atoms with Crippen LogP contribution >= 0.6 is 0 Å². The fraction of sp³-hybridized carbons (Fsp3) is 0.0500. The predicted molar refractivity (Wildman–Crippen MR) is 94.9 cm³/mol. The van der Waals surface area contributed by atoms with Crippen molar-refractivity contribution in [2.45, 2.75) is 6.04 Å². The summed E-state index contributed by atoms with van der Waals surface area (Å²) < 4.78 is 0. The van der Waals surface area contributed by atoms with Crippen molar-refractivity contribution in [2.75, 3.05) is 5.32 Å². The second-order valence-corrected chi connectivity index (χ2v) is 5.75. The summed E-state index contributed by atoms with van der Waals surface area (Å²) in [4.78, 5) is 10.7. The van der Waals surface area contributed by atoms with Crippen LogP contribution in [-0.2, 0) is 0 Å². The number of nitrogens with one attached hydrogen (secondary N) is 3. The van der Waals surface area contributed by atoms with E-state index >= 15 is 0 Å². The molecule has 3 aromatic heterocycles. The van der Waals surface area contributed by atoms with Gasteiger partial charge in [-0.25, -0.2) is 15.0 Å². The summed E-state index contributed by atoms with van der Waals surface area (Å²) in [6.07, 6.45) is 5.41. The van der Waals surface area contributed by atoms with Gasteiger partial charge in [0.25, 0.3) is 5.52 Å². The molecule has 5 nitrogen and oxygen atoms in total. The summed E-state index contributed by atoms with van der Waals surface area (Å²) in [6.45, 7) is 0. The molecule has 5 heteroatoms. The van der Waals surface area contributed by atoms with Gasteiger partial charge in [0.15, 0.2) is 18.1 Å². The van der Waals surface area contributed by atoms with Crippen molar-refractivity contribution in [1.29, 1.82) is 0 Å². The van der Waals surface area contributed by atoms with E-state index in [2.05, 4.69) is 20.3 Å². The second-order valence-electron chi connectivity index (χ2n) is 5.75. The molecule has 4 N–H and O–H groups in total. The summed E-state index contributed by atoms with van der Waals surface area (Å²) in [5.74, 6) is 0.963. The molecule has 0 aliphatic carbocycles. The molecule has 4 aromatic rings. The number of nitrogens with zero attached hydrogens (tertiary/aromatic N) is 1. The highest BCUT2D eigenvalue weighted by molar-refractivity contribution is 5.83. The SMILES string of the molecule is Oc1c(C(Nc2ccccn2)c2cccc[nH+]2)ccc2ccc[nH+]c12. The Morgan fingerprint density at radius 1 is 0.880 bits per heavy atom. The number of hydrogen-bond acceptors (Lipinski definition) is 3. The zero-order valence-corrected chi connectivity index (χ0v) is 13.5. The maximum Gasteiger partial charge on any atom is 0.253 e. The van der Waals surface area contributed by atoms with Crippen LogP contribution in [0.15, 0.2) is 79.3 Å². The van der Waals surface area contributed by atoms with Gasteiger partial charge in [0.2, 0.25) is 5.69 Å². The van der Waals surface area contributed by atoms with Gasteiger partial charge in [0.1, 0.15) is 11.9 Å². The quantitative estimate of drug-likeness (QED) is 0.604. The summed E-state index contributed by atoms with van der Waals surface area (Å²) in [5, 5.41) is 15.2. The van der Waals surface area contributed by atoms with Crippen molar-refractivity contribution in [3.8, 4) is 5.75 Å². The second kappa shape index (κ2) is 6.57. The zero-order valence-electron chi connectivity index (χ0n) is 13.5. The Morgan fingerprint density at radius 3 is 2.56 bits per heavy atom. The van der Waals surface area contributed by atoms with E-state index in [9.17, 15) is 5.11 Å². The number of benzene rings is 1. The molecule has 0 saturated heterocycles. The van der Waals surface area contributed by atoms with Crippen LogP contribution in [0.2, 0.25) is 0 Å². The van der Waals surface area contributed by atoms with Gasteiger partial charge in [-0.05, 0) is 24.3 Å². The average Bonchev–Trinajstić information content (AvgIpc) is 2.69. The van der Waals surface area contributed by atoms with Gasteiger partial charge in [-0.3, -0.25) is 0 Å². The molecule has 3 heterocycles. The lowest BCUT2D eigenvalue weighted by Crippen LogP contribution is -2.22. The number of aromatic amines is 2. The number of phenols is 1. The zero-order chi connectivity index (χ0) is 17.1. The number of phenolic OH excluding ortho intramolecular Hbond substituents is 1. The first-order chi connectivity index (χ1) is 12.3. The monoisotopic (exact) mass is 330 g/mol. The Balaban J connectivity index is 1.85. The Morgan fingerprint density at radius 2 is 1.76 bits per heavy atom. The third kappa shape index (κ3) is 2.99. The first-order valence-corrected chi connectivity index (χ1v) is 8.09. The van der Waals surface area contributed by atoms with E-state index in [-0.39, 0.29) is 11.8 Å². The molecule has 25 heavy (non-hydrogen) atoms. The molecule has 0 bridgehead atoms. The van der Waals surface area contributed by atoms with Crippen LogP contribution in [0.3, 0.4) is 0 Å². The van der Waals surface area contributed by atoms with Crippen molar-refractivity contribution < 1.29 is 15.1 Å². The number of aromatic nitrogens is 3. The number of aromatic hydroxyl groups is 1. The minimum Gasteiger partial charge on any atom is -0.502 e. The van der Waals surface area contributed by atoms with Crippen LogP contribution in [0, 0.1) is 0 Å². The molecule has 1 aromatic carbocycles. The summed E-state index contributed by atoms with van der Waals surface area (Å²) in [7, 11) is 0. The number of rotatable bonds is 4. The van der Waals surface area contributed by atoms with Crippen LogP contribution in [-0.4, -0.2) is 10.1 Å². The average molecular weight is 330 g/mol. The number of anilines is 1. The van der Waals surface area contributed by atoms with Crippen molar-refractivity contribution >= 4 is 16.7 Å². The first kappa shape index (κ1) is 15.1. The largest absolute Gasteiger partial charge is 0.502 e.